The summed E-state index contributed by atoms with van der Waals surface area (Å²) in [6.45, 7) is 0.781. The summed E-state index contributed by atoms with van der Waals surface area (Å²) in [4.78, 5) is 0. The highest BCUT2D eigenvalue weighted by Crippen LogP contribution is 1.62. The molecular formula is C2H6BNS. The van der Waals surface area contributed by atoms with Crippen LogP contribution in [0.5, 0.6) is 0 Å². The fourth-order valence-electron chi connectivity index (χ4n) is 0.0645. The van der Waals surface area contributed by atoms with Crippen molar-refractivity contribution >= 4 is 20.6 Å². The zero-order valence-electron chi connectivity index (χ0n) is 2.94. The Kier molecular flexibility index (Phi) is 4.70. The first-order valence-electron chi connectivity index (χ1n) is 1.46. The Morgan fingerprint density at radius 3 is 2.40 bits per heavy atom. The lowest BCUT2D eigenvalue weighted by atomic mass is 10.4. The van der Waals surface area contributed by atoms with Gasteiger partial charge in [0.05, 0.1) is 0 Å². The maximum absolute atomic E-state index is 4.84. The van der Waals surface area contributed by atoms with Crippen LogP contribution in [0, 0.1) is 0 Å². The molecule has 28 valence electrons. The molecule has 0 aromatic heterocycles. The van der Waals surface area contributed by atoms with E-state index < -0.39 is 0 Å². The van der Waals surface area contributed by atoms with E-state index in [4.69, 9.17) is 7.98 Å². The molecule has 0 saturated carbocycles. The minimum absolute atomic E-state index is 0.781. The van der Waals surface area contributed by atoms with Gasteiger partial charge in [0.25, 0.3) is 0 Å². The third-order valence-electron chi connectivity index (χ3n) is 0.256. The summed E-state index contributed by atoms with van der Waals surface area (Å²) in [7, 11) is 4.84. The topological polar surface area (TPSA) is 12.0 Å². The predicted octanol–water partition coefficient (Wildman–Crippen LogP) is -0.411. The highest BCUT2D eigenvalue weighted by Gasteiger charge is 1.65. The molecule has 0 aliphatic heterocycles. The van der Waals surface area contributed by atoms with Gasteiger partial charge >= 0.3 is 0 Å². The largest absolute Gasteiger partial charge is 0.366 e. The Balaban J connectivity index is 2.19. The fraction of sp³-hybridized carbons (Fsp3) is 1.00. The molecule has 0 fully saturated rings. The maximum Gasteiger partial charge on any atom is 0.177 e. The molecular weight excluding hydrogens is 80.9 g/mol. The van der Waals surface area contributed by atoms with E-state index in [0.29, 0.717) is 0 Å². The summed E-state index contributed by atoms with van der Waals surface area (Å²) < 4.78 is 0. The fourth-order valence-corrected chi connectivity index (χ4v) is 0.194. The van der Waals surface area contributed by atoms with Crippen molar-refractivity contribution in [3.8, 4) is 0 Å². The second-order valence-corrected chi connectivity index (χ2v) is 1.12. The molecule has 5 heavy (non-hydrogen) atoms. The van der Waals surface area contributed by atoms with Gasteiger partial charge in [-0.15, -0.1) is 0 Å². The van der Waals surface area contributed by atoms with Crippen LogP contribution in [0.15, 0.2) is 0 Å². The monoisotopic (exact) mass is 87.0 g/mol. The summed E-state index contributed by atoms with van der Waals surface area (Å²) in [5.74, 6) is 0.802. The lowest BCUT2D eigenvalue weighted by Gasteiger charge is -1.84. The van der Waals surface area contributed by atoms with E-state index >= 15 is 0 Å². The van der Waals surface area contributed by atoms with Gasteiger partial charge in [0.1, 0.15) is 0 Å². The summed E-state index contributed by atoms with van der Waals surface area (Å²) in [6.07, 6.45) is 0. The molecule has 0 amide bonds. The van der Waals surface area contributed by atoms with E-state index in [9.17, 15) is 0 Å². The van der Waals surface area contributed by atoms with Crippen molar-refractivity contribution in [3.05, 3.63) is 0 Å². The van der Waals surface area contributed by atoms with Gasteiger partial charge in [-0.1, -0.05) is 0 Å². The van der Waals surface area contributed by atoms with E-state index in [1.807, 2.05) is 0 Å². The van der Waals surface area contributed by atoms with Gasteiger partial charge in [0.2, 0.25) is 0 Å². The molecule has 0 heterocycles. The predicted molar refractivity (Wildman–Crippen MR) is 27.6 cm³/mol. The Morgan fingerprint density at radius 2 is 2.40 bits per heavy atom. The summed E-state index contributed by atoms with van der Waals surface area (Å²) >= 11 is 3.86. The Labute approximate surface area is 39.0 Å². The van der Waals surface area contributed by atoms with Gasteiger partial charge in [0.15, 0.2) is 7.98 Å². The average molecular weight is 87.0 g/mol. The quantitative estimate of drug-likeness (QED) is 0.344. The summed E-state index contributed by atoms with van der Waals surface area (Å²) in [6, 6.07) is 0. The molecule has 0 atom stereocenters. The second kappa shape index (κ2) is 4.37. The molecule has 2 radical (unpaired) electrons. The van der Waals surface area contributed by atoms with Crippen molar-refractivity contribution in [2.75, 3.05) is 12.3 Å². The first-order valence-corrected chi connectivity index (χ1v) is 2.09. The Morgan fingerprint density at radius 1 is 1.80 bits per heavy atom. The SMILES string of the molecule is [B]NCCS. The van der Waals surface area contributed by atoms with E-state index in [1.54, 1.807) is 0 Å². The number of thiol groups is 1. The van der Waals surface area contributed by atoms with Crippen LogP contribution in [0.1, 0.15) is 0 Å². The molecule has 0 unspecified atom stereocenters. The van der Waals surface area contributed by atoms with Gasteiger partial charge < -0.3 is 5.23 Å². The Hall–Kier alpha value is 0.375. The first kappa shape index (κ1) is 5.37. The van der Waals surface area contributed by atoms with Crippen molar-refractivity contribution in [1.29, 1.82) is 0 Å². The average Bonchev–Trinajstić information content (AvgIpc) is 1.41. The van der Waals surface area contributed by atoms with Crippen molar-refractivity contribution in [1.82, 2.24) is 5.23 Å². The normalized spacial score (nSPS) is 8.20. The third kappa shape index (κ3) is 4.37. The summed E-state index contributed by atoms with van der Waals surface area (Å²) in [5.41, 5.74) is 0. The van der Waals surface area contributed by atoms with Gasteiger partial charge in [-0.25, -0.2) is 0 Å². The van der Waals surface area contributed by atoms with E-state index in [1.165, 1.54) is 0 Å². The first-order chi connectivity index (χ1) is 2.41. The van der Waals surface area contributed by atoms with Crippen molar-refractivity contribution < 1.29 is 0 Å². The molecule has 0 aromatic carbocycles. The highest BCUT2D eigenvalue weighted by molar-refractivity contribution is 7.80. The zero-order valence-corrected chi connectivity index (χ0v) is 3.83. The van der Waals surface area contributed by atoms with Crippen LogP contribution in [-0.2, 0) is 0 Å². The molecule has 1 N–H and O–H groups in total. The molecule has 0 aliphatic carbocycles. The molecule has 1 nitrogen and oxygen atoms in total. The number of hydrogen-bond donors (Lipinski definition) is 2. The maximum atomic E-state index is 4.84. The molecule has 0 bridgehead atoms. The minimum Gasteiger partial charge on any atom is -0.366 e. The van der Waals surface area contributed by atoms with Crippen LogP contribution in [0.4, 0.5) is 0 Å². The smallest absolute Gasteiger partial charge is 0.177 e. The van der Waals surface area contributed by atoms with Crippen molar-refractivity contribution in [3.63, 3.8) is 0 Å². The van der Waals surface area contributed by atoms with Crippen LogP contribution in [0.2, 0.25) is 0 Å². The summed E-state index contributed by atoms with van der Waals surface area (Å²) in [5, 5.41) is 2.44. The van der Waals surface area contributed by atoms with Crippen molar-refractivity contribution in [2.45, 2.75) is 0 Å². The van der Waals surface area contributed by atoms with Crippen LogP contribution >= 0.6 is 12.6 Å². The van der Waals surface area contributed by atoms with Gasteiger partial charge in [0, 0.05) is 5.75 Å². The highest BCUT2D eigenvalue weighted by atomic mass is 32.1. The van der Waals surface area contributed by atoms with Crippen molar-refractivity contribution in [2.24, 2.45) is 0 Å². The molecule has 0 aromatic rings. The number of rotatable bonds is 2. The van der Waals surface area contributed by atoms with Gasteiger partial charge in [-0.3, -0.25) is 0 Å². The van der Waals surface area contributed by atoms with E-state index in [2.05, 4.69) is 17.9 Å². The second-order valence-electron chi connectivity index (χ2n) is 0.678. The molecule has 0 aliphatic rings. The number of nitrogens with one attached hydrogen (secondary N) is 1. The van der Waals surface area contributed by atoms with Crippen LogP contribution < -0.4 is 5.23 Å². The standard InChI is InChI=1S/C2H6BNS/c3-4-1-2-5/h4-5H,1-2H2. The molecule has 3 heteroatoms. The lowest BCUT2D eigenvalue weighted by molar-refractivity contribution is 1.04. The zero-order chi connectivity index (χ0) is 4.12. The molecule has 0 spiro atoms. The molecule has 0 rings (SSSR count). The third-order valence-corrected chi connectivity index (χ3v) is 0.480. The minimum atomic E-state index is 0.781. The van der Waals surface area contributed by atoms with Gasteiger partial charge in [-0.05, 0) is 6.54 Å². The van der Waals surface area contributed by atoms with Gasteiger partial charge in [-0.2, -0.15) is 12.6 Å². The van der Waals surface area contributed by atoms with Crippen LogP contribution in [0.25, 0.3) is 0 Å². The Bertz CT molecular complexity index is 17.1. The molecule has 0 saturated heterocycles. The lowest BCUT2D eigenvalue weighted by Crippen LogP contribution is -2.10. The van der Waals surface area contributed by atoms with Crippen LogP contribution in [0.3, 0.4) is 0 Å². The van der Waals surface area contributed by atoms with E-state index in [0.717, 1.165) is 12.3 Å². The van der Waals surface area contributed by atoms with Crippen LogP contribution in [-0.4, -0.2) is 20.3 Å². The number of hydrogen-bond acceptors (Lipinski definition) is 2. The van der Waals surface area contributed by atoms with E-state index in [-0.39, 0.29) is 0 Å².